The Balaban J connectivity index is 1.62. The molecule has 3 nitrogen and oxygen atoms in total. The standard InChI is InChI=1S/C18H21ClN2OS/c1-14-3-4-16(11-17(14)19)18(22)21-7-2-6-20(8-9-21)12-15-5-10-23-13-15/h3-5,10-11,13H,2,6-9,12H2,1H3. The number of halogens is 1. The largest absolute Gasteiger partial charge is 0.337 e. The first-order valence-electron chi connectivity index (χ1n) is 7.92. The second kappa shape index (κ2) is 7.47. The summed E-state index contributed by atoms with van der Waals surface area (Å²) < 4.78 is 0. The lowest BCUT2D eigenvalue weighted by molar-refractivity contribution is 0.0761. The van der Waals surface area contributed by atoms with Crippen LogP contribution in [0.3, 0.4) is 0 Å². The molecule has 1 aliphatic rings. The lowest BCUT2D eigenvalue weighted by atomic mass is 10.1. The highest BCUT2D eigenvalue weighted by Crippen LogP contribution is 2.19. The van der Waals surface area contributed by atoms with Crippen LogP contribution in [0.15, 0.2) is 35.0 Å². The minimum absolute atomic E-state index is 0.0873. The number of carbonyl (C=O) groups excluding carboxylic acids is 1. The van der Waals surface area contributed by atoms with Gasteiger partial charge in [-0.2, -0.15) is 11.3 Å². The molecule has 0 unspecified atom stereocenters. The van der Waals surface area contributed by atoms with Gasteiger partial charge in [-0.15, -0.1) is 0 Å². The Morgan fingerprint density at radius 2 is 2.09 bits per heavy atom. The topological polar surface area (TPSA) is 23.6 Å². The summed E-state index contributed by atoms with van der Waals surface area (Å²) >= 11 is 7.89. The van der Waals surface area contributed by atoms with Crippen molar-refractivity contribution in [3.05, 3.63) is 56.7 Å². The van der Waals surface area contributed by atoms with Gasteiger partial charge in [-0.3, -0.25) is 9.69 Å². The van der Waals surface area contributed by atoms with Crippen LogP contribution in [0, 0.1) is 6.92 Å². The van der Waals surface area contributed by atoms with E-state index in [1.807, 2.05) is 24.0 Å². The zero-order valence-electron chi connectivity index (χ0n) is 13.3. The average molecular weight is 349 g/mol. The van der Waals surface area contributed by atoms with E-state index in [2.05, 4.69) is 21.7 Å². The second-order valence-corrected chi connectivity index (χ2v) is 7.20. The first kappa shape index (κ1) is 16.5. The van der Waals surface area contributed by atoms with Gasteiger partial charge < -0.3 is 4.90 Å². The second-order valence-electron chi connectivity index (χ2n) is 6.02. The van der Waals surface area contributed by atoms with Gasteiger partial charge in [0.2, 0.25) is 0 Å². The lowest BCUT2D eigenvalue weighted by Gasteiger charge is -2.22. The highest BCUT2D eigenvalue weighted by atomic mass is 35.5. The zero-order valence-corrected chi connectivity index (χ0v) is 14.9. The molecule has 23 heavy (non-hydrogen) atoms. The van der Waals surface area contributed by atoms with Gasteiger partial charge in [0.15, 0.2) is 0 Å². The summed E-state index contributed by atoms with van der Waals surface area (Å²) in [6, 6.07) is 7.74. The van der Waals surface area contributed by atoms with Crippen molar-refractivity contribution in [3.8, 4) is 0 Å². The summed E-state index contributed by atoms with van der Waals surface area (Å²) in [5, 5.41) is 4.97. The van der Waals surface area contributed by atoms with Crippen molar-refractivity contribution in [2.24, 2.45) is 0 Å². The summed E-state index contributed by atoms with van der Waals surface area (Å²) in [6.45, 7) is 6.46. The van der Waals surface area contributed by atoms with Crippen LogP contribution in [0.4, 0.5) is 0 Å². The van der Waals surface area contributed by atoms with E-state index >= 15 is 0 Å². The molecule has 0 aliphatic carbocycles. The fourth-order valence-corrected chi connectivity index (χ4v) is 3.72. The fraction of sp³-hybridized carbons (Fsp3) is 0.389. The van der Waals surface area contributed by atoms with E-state index < -0.39 is 0 Å². The van der Waals surface area contributed by atoms with Crippen molar-refractivity contribution in [2.45, 2.75) is 19.9 Å². The van der Waals surface area contributed by atoms with Crippen LogP contribution in [0.2, 0.25) is 5.02 Å². The third kappa shape index (κ3) is 4.14. The average Bonchev–Trinajstić information content (AvgIpc) is 2.94. The van der Waals surface area contributed by atoms with Gasteiger partial charge in [0, 0.05) is 43.3 Å². The van der Waals surface area contributed by atoms with Crippen molar-refractivity contribution in [1.82, 2.24) is 9.80 Å². The summed E-state index contributed by atoms with van der Waals surface area (Å²) in [5.41, 5.74) is 3.05. The molecule has 1 aromatic carbocycles. The predicted octanol–water partition coefficient (Wildman–Crippen LogP) is 4.06. The van der Waals surface area contributed by atoms with E-state index in [0.717, 1.165) is 44.7 Å². The molecule has 1 amide bonds. The van der Waals surface area contributed by atoms with Gasteiger partial charge in [0.25, 0.3) is 5.91 Å². The number of carbonyl (C=O) groups is 1. The van der Waals surface area contributed by atoms with Crippen molar-refractivity contribution >= 4 is 28.8 Å². The maximum absolute atomic E-state index is 12.7. The molecule has 2 heterocycles. The number of hydrogen-bond donors (Lipinski definition) is 0. The van der Waals surface area contributed by atoms with Crippen LogP contribution in [0.1, 0.15) is 27.9 Å². The smallest absolute Gasteiger partial charge is 0.253 e. The summed E-state index contributed by atoms with van der Waals surface area (Å²) in [6.07, 6.45) is 1.01. The number of amides is 1. The Labute approximate surface area is 146 Å². The number of nitrogens with zero attached hydrogens (tertiary/aromatic N) is 2. The minimum Gasteiger partial charge on any atom is -0.337 e. The molecular formula is C18H21ClN2OS. The Hall–Kier alpha value is -1.36. The molecule has 0 saturated carbocycles. The molecular weight excluding hydrogens is 328 g/mol. The quantitative estimate of drug-likeness (QED) is 0.835. The lowest BCUT2D eigenvalue weighted by Crippen LogP contribution is -2.35. The summed E-state index contributed by atoms with van der Waals surface area (Å²) in [4.78, 5) is 17.1. The van der Waals surface area contributed by atoms with E-state index in [4.69, 9.17) is 11.6 Å². The number of hydrogen-bond acceptors (Lipinski definition) is 3. The van der Waals surface area contributed by atoms with Gasteiger partial charge >= 0.3 is 0 Å². The molecule has 1 fully saturated rings. The number of aryl methyl sites for hydroxylation is 1. The van der Waals surface area contributed by atoms with Gasteiger partial charge in [-0.1, -0.05) is 17.7 Å². The third-order valence-electron chi connectivity index (χ3n) is 4.28. The molecule has 0 spiro atoms. The first-order chi connectivity index (χ1) is 11.1. The third-order valence-corrected chi connectivity index (χ3v) is 5.42. The highest BCUT2D eigenvalue weighted by Gasteiger charge is 2.20. The Kier molecular flexibility index (Phi) is 5.36. The van der Waals surface area contributed by atoms with E-state index in [0.29, 0.717) is 10.6 Å². The summed E-state index contributed by atoms with van der Waals surface area (Å²) in [5.74, 6) is 0.0873. The Morgan fingerprint density at radius 3 is 2.83 bits per heavy atom. The minimum atomic E-state index is 0.0873. The number of rotatable bonds is 3. The molecule has 1 aromatic heterocycles. The normalized spacial score (nSPS) is 16.3. The molecule has 122 valence electrons. The fourth-order valence-electron chi connectivity index (χ4n) is 2.88. The monoisotopic (exact) mass is 348 g/mol. The molecule has 0 atom stereocenters. The molecule has 0 N–H and O–H groups in total. The first-order valence-corrected chi connectivity index (χ1v) is 9.24. The van der Waals surface area contributed by atoms with Crippen LogP contribution < -0.4 is 0 Å². The zero-order chi connectivity index (χ0) is 16.2. The van der Waals surface area contributed by atoms with Crippen molar-refractivity contribution in [2.75, 3.05) is 26.2 Å². The summed E-state index contributed by atoms with van der Waals surface area (Å²) in [7, 11) is 0. The van der Waals surface area contributed by atoms with Crippen LogP contribution in [0.5, 0.6) is 0 Å². The Bertz CT molecular complexity index is 672. The van der Waals surface area contributed by atoms with Crippen molar-refractivity contribution < 1.29 is 4.79 Å². The molecule has 0 bridgehead atoms. The molecule has 2 aromatic rings. The molecule has 1 aliphatic heterocycles. The molecule has 5 heteroatoms. The van der Waals surface area contributed by atoms with Gasteiger partial charge in [-0.05, 0) is 53.4 Å². The van der Waals surface area contributed by atoms with Gasteiger partial charge in [0.1, 0.15) is 0 Å². The van der Waals surface area contributed by atoms with Crippen LogP contribution in [-0.4, -0.2) is 41.9 Å². The van der Waals surface area contributed by atoms with Gasteiger partial charge in [0.05, 0.1) is 0 Å². The van der Waals surface area contributed by atoms with Crippen LogP contribution in [0.25, 0.3) is 0 Å². The molecule has 3 rings (SSSR count). The molecule has 0 radical (unpaired) electrons. The number of benzene rings is 1. The molecule has 1 saturated heterocycles. The van der Waals surface area contributed by atoms with Crippen LogP contribution in [-0.2, 0) is 6.54 Å². The maximum atomic E-state index is 12.7. The van der Waals surface area contributed by atoms with Gasteiger partial charge in [-0.25, -0.2) is 0 Å². The predicted molar refractivity (Wildman–Crippen MR) is 96.3 cm³/mol. The van der Waals surface area contributed by atoms with E-state index in [1.54, 1.807) is 17.4 Å². The SMILES string of the molecule is Cc1ccc(C(=O)N2CCCN(Cc3ccsc3)CC2)cc1Cl. The van der Waals surface area contributed by atoms with Crippen molar-refractivity contribution in [3.63, 3.8) is 0 Å². The van der Waals surface area contributed by atoms with E-state index in [1.165, 1.54) is 5.56 Å². The van der Waals surface area contributed by atoms with E-state index in [-0.39, 0.29) is 5.91 Å². The number of thiophene rings is 1. The maximum Gasteiger partial charge on any atom is 0.253 e. The Morgan fingerprint density at radius 1 is 1.22 bits per heavy atom. The van der Waals surface area contributed by atoms with Crippen molar-refractivity contribution in [1.29, 1.82) is 0 Å². The van der Waals surface area contributed by atoms with E-state index in [9.17, 15) is 4.79 Å². The van der Waals surface area contributed by atoms with Crippen LogP contribution >= 0.6 is 22.9 Å². The highest BCUT2D eigenvalue weighted by molar-refractivity contribution is 7.07.